The van der Waals surface area contributed by atoms with Crippen LogP contribution in [0.4, 0.5) is 0 Å². The summed E-state index contributed by atoms with van der Waals surface area (Å²) in [5, 5.41) is 9.11. The molecule has 0 aliphatic carbocycles. The van der Waals surface area contributed by atoms with Crippen LogP contribution in [0.5, 0.6) is 0 Å². The molecule has 2 saturated heterocycles. The molecule has 0 amide bonds. The van der Waals surface area contributed by atoms with E-state index in [2.05, 4.69) is 18.7 Å². The van der Waals surface area contributed by atoms with Gasteiger partial charge in [0.25, 0.3) is 0 Å². The fourth-order valence-electron chi connectivity index (χ4n) is 3.21. The normalized spacial score (nSPS) is 40.1. The van der Waals surface area contributed by atoms with E-state index in [-0.39, 0.29) is 5.92 Å². The van der Waals surface area contributed by atoms with Crippen molar-refractivity contribution in [3.05, 3.63) is 0 Å². The standard InChI is InChI=1S/C13H23NO3/c1-9-6-12(7-10(2)17-9)14-5-3-4-11(8-14)13(15)16/h9-12H,3-8H2,1-2H3,(H,15,16). The summed E-state index contributed by atoms with van der Waals surface area (Å²) in [6.07, 6.45) is 4.52. The maximum absolute atomic E-state index is 11.1. The molecule has 0 radical (unpaired) electrons. The van der Waals surface area contributed by atoms with E-state index in [9.17, 15) is 4.79 Å². The van der Waals surface area contributed by atoms with Gasteiger partial charge in [-0.05, 0) is 46.1 Å². The van der Waals surface area contributed by atoms with Crippen molar-refractivity contribution in [3.63, 3.8) is 0 Å². The minimum atomic E-state index is -0.636. The van der Waals surface area contributed by atoms with Crippen molar-refractivity contribution in [1.29, 1.82) is 0 Å². The first-order valence-corrected chi connectivity index (χ1v) is 6.68. The van der Waals surface area contributed by atoms with Gasteiger partial charge in [0.1, 0.15) is 0 Å². The Balaban J connectivity index is 1.94. The third kappa shape index (κ3) is 3.19. The second-order valence-corrected chi connectivity index (χ2v) is 5.55. The van der Waals surface area contributed by atoms with Crippen molar-refractivity contribution in [2.45, 2.75) is 57.8 Å². The van der Waals surface area contributed by atoms with Crippen LogP contribution >= 0.6 is 0 Å². The molecular weight excluding hydrogens is 218 g/mol. The molecule has 0 aromatic carbocycles. The Hall–Kier alpha value is -0.610. The number of carbonyl (C=O) groups is 1. The van der Waals surface area contributed by atoms with Gasteiger partial charge in [-0.25, -0.2) is 0 Å². The molecule has 0 spiro atoms. The number of nitrogens with zero attached hydrogens (tertiary/aromatic N) is 1. The first-order chi connectivity index (χ1) is 8.06. The molecule has 17 heavy (non-hydrogen) atoms. The van der Waals surface area contributed by atoms with Crippen LogP contribution in [0.1, 0.15) is 39.5 Å². The van der Waals surface area contributed by atoms with Crippen LogP contribution in [-0.4, -0.2) is 47.3 Å². The van der Waals surface area contributed by atoms with Crippen molar-refractivity contribution in [2.75, 3.05) is 13.1 Å². The van der Waals surface area contributed by atoms with E-state index in [1.807, 2.05) is 0 Å². The summed E-state index contributed by atoms with van der Waals surface area (Å²) in [5.74, 6) is -0.805. The zero-order valence-electron chi connectivity index (χ0n) is 10.8. The molecule has 98 valence electrons. The summed E-state index contributed by atoms with van der Waals surface area (Å²) >= 11 is 0. The maximum atomic E-state index is 11.1. The molecule has 4 heteroatoms. The van der Waals surface area contributed by atoms with Crippen molar-refractivity contribution in [3.8, 4) is 0 Å². The van der Waals surface area contributed by atoms with Crippen molar-refractivity contribution in [1.82, 2.24) is 4.90 Å². The summed E-state index contributed by atoms with van der Waals surface area (Å²) in [7, 11) is 0. The minimum absolute atomic E-state index is 0.169. The molecule has 0 aromatic heterocycles. The van der Waals surface area contributed by atoms with Crippen LogP contribution in [0.25, 0.3) is 0 Å². The van der Waals surface area contributed by atoms with Crippen LogP contribution in [0.2, 0.25) is 0 Å². The fourth-order valence-corrected chi connectivity index (χ4v) is 3.21. The molecule has 0 aromatic rings. The highest BCUT2D eigenvalue weighted by atomic mass is 16.5. The first kappa shape index (κ1) is 12.8. The minimum Gasteiger partial charge on any atom is -0.481 e. The number of carboxylic acid groups (broad SMARTS) is 1. The largest absolute Gasteiger partial charge is 0.481 e. The van der Waals surface area contributed by atoms with Gasteiger partial charge >= 0.3 is 5.97 Å². The lowest BCUT2D eigenvalue weighted by molar-refractivity contribution is -0.144. The van der Waals surface area contributed by atoms with Gasteiger partial charge < -0.3 is 9.84 Å². The Kier molecular flexibility index (Phi) is 4.05. The van der Waals surface area contributed by atoms with Crippen LogP contribution in [0.3, 0.4) is 0 Å². The van der Waals surface area contributed by atoms with Crippen LogP contribution in [0.15, 0.2) is 0 Å². The molecule has 3 atom stereocenters. The van der Waals surface area contributed by atoms with Gasteiger partial charge in [-0.1, -0.05) is 0 Å². The van der Waals surface area contributed by atoms with E-state index >= 15 is 0 Å². The van der Waals surface area contributed by atoms with Gasteiger partial charge in [0.2, 0.25) is 0 Å². The number of ether oxygens (including phenoxy) is 1. The van der Waals surface area contributed by atoms with Crippen LogP contribution in [0, 0.1) is 5.92 Å². The number of carboxylic acids is 1. The van der Waals surface area contributed by atoms with Gasteiger partial charge in [0, 0.05) is 12.6 Å². The number of hydrogen-bond acceptors (Lipinski definition) is 3. The Labute approximate surface area is 103 Å². The lowest BCUT2D eigenvalue weighted by atomic mass is 9.92. The summed E-state index contributed by atoms with van der Waals surface area (Å²) < 4.78 is 5.74. The molecule has 2 aliphatic rings. The number of rotatable bonds is 2. The van der Waals surface area contributed by atoms with E-state index < -0.39 is 5.97 Å². The fraction of sp³-hybridized carbons (Fsp3) is 0.923. The van der Waals surface area contributed by atoms with Gasteiger partial charge in [0.15, 0.2) is 0 Å². The molecule has 1 N–H and O–H groups in total. The monoisotopic (exact) mass is 241 g/mol. The van der Waals surface area contributed by atoms with Gasteiger partial charge in [0.05, 0.1) is 18.1 Å². The van der Waals surface area contributed by atoms with E-state index in [4.69, 9.17) is 9.84 Å². The smallest absolute Gasteiger partial charge is 0.307 e. The average molecular weight is 241 g/mol. The SMILES string of the molecule is CC1CC(N2CCCC(C(=O)O)C2)CC(C)O1. The Morgan fingerprint density at radius 1 is 1.29 bits per heavy atom. The molecule has 3 unspecified atom stereocenters. The number of piperidine rings is 1. The molecule has 0 saturated carbocycles. The quantitative estimate of drug-likeness (QED) is 0.800. The van der Waals surface area contributed by atoms with Gasteiger partial charge in [-0.3, -0.25) is 9.69 Å². The van der Waals surface area contributed by atoms with Crippen molar-refractivity contribution < 1.29 is 14.6 Å². The highest BCUT2D eigenvalue weighted by Crippen LogP contribution is 2.27. The Morgan fingerprint density at radius 3 is 2.53 bits per heavy atom. The second kappa shape index (κ2) is 5.36. The summed E-state index contributed by atoms with van der Waals surface area (Å²) in [5.41, 5.74) is 0. The molecule has 4 nitrogen and oxygen atoms in total. The average Bonchev–Trinajstić information content (AvgIpc) is 2.28. The van der Waals surface area contributed by atoms with Crippen LogP contribution < -0.4 is 0 Å². The topological polar surface area (TPSA) is 49.8 Å². The molecule has 2 fully saturated rings. The highest BCUT2D eigenvalue weighted by molar-refractivity contribution is 5.70. The molecule has 2 aliphatic heterocycles. The van der Waals surface area contributed by atoms with Crippen molar-refractivity contribution in [2.24, 2.45) is 5.92 Å². The Bertz CT molecular complexity index is 272. The van der Waals surface area contributed by atoms with Gasteiger partial charge in [-0.15, -0.1) is 0 Å². The number of hydrogen-bond donors (Lipinski definition) is 1. The first-order valence-electron chi connectivity index (χ1n) is 6.68. The highest BCUT2D eigenvalue weighted by Gasteiger charge is 2.33. The van der Waals surface area contributed by atoms with E-state index in [0.717, 1.165) is 38.8 Å². The third-order valence-corrected chi connectivity index (χ3v) is 3.99. The summed E-state index contributed by atoms with van der Waals surface area (Å²) in [6, 6.07) is 0.510. The van der Waals surface area contributed by atoms with E-state index in [1.54, 1.807) is 0 Å². The molecule has 2 rings (SSSR count). The van der Waals surface area contributed by atoms with E-state index in [1.165, 1.54) is 0 Å². The summed E-state index contributed by atoms with van der Waals surface area (Å²) in [6.45, 7) is 6.00. The van der Waals surface area contributed by atoms with E-state index in [0.29, 0.717) is 18.2 Å². The molecule has 2 heterocycles. The Morgan fingerprint density at radius 2 is 1.94 bits per heavy atom. The second-order valence-electron chi connectivity index (χ2n) is 5.55. The number of likely N-dealkylation sites (tertiary alicyclic amines) is 1. The zero-order chi connectivity index (χ0) is 12.4. The summed E-state index contributed by atoms with van der Waals surface area (Å²) in [4.78, 5) is 13.4. The molecular formula is C13H23NO3. The predicted octanol–water partition coefficient (Wildman–Crippen LogP) is 1.74. The predicted molar refractivity (Wildman–Crippen MR) is 65.0 cm³/mol. The van der Waals surface area contributed by atoms with Gasteiger partial charge in [-0.2, -0.15) is 0 Å². The maximum Gasteiger partial charge on any atom is 0.307 e. The zero-order valence-corrected chi connectivity index (χ0v) is 10.8. The lowest BCUT2D eigenvalue weighted by Crippen LogP contribution is -2.49. The third-order valence-electron chi connectivity index (χ3n) is 3.99. The lowest BCUT2D eigenvalue weighted by Gasteiger charge is -2.42. The number of aliphatic carboxylic acids is 1. The molecule has 0 bridgehead atoms. The van der Waals surface area contributed by atoms with Crippen LogP contribution in [-0.2, 0) is 9.53 Å². The van der Waals surface area contributed by atoms with Crippen molar-refractivity contribution >= 4 is 5.97 Å².